The van der Waals surface area contributed by atoms with Gasteiger partial charge in [0.05, 0.1) is 5.56 Å². The van der Waals surface area contributed by atoms with E-state index in [1.165, 1.54) is 6.07 Å². The number of amides is 1. The van der Waals surface area contributed by atoms with Crippen molar-refractivity contribution >= 4 is 17.5 Å². The fourth-order valence-corrected chi connectivity index (χ4v) is 4.06. The molecule has 3 aromatic rings. The van der Waals surface area contributed by atoms with Gasteiger partial charge in [-0.3, -0.25) is 4.79 Å². The van der Waals surface area contributed by atoms with Crippen molar-refractivity contribution in [1.82, 2.24) is 15.2 Å². The minimum Gasteiger partial charge on any atom is -0.486 e. The summed E-state index contributed by atoms with van der Waals surface area (Å²) in [6.45, 7) is 1.95. The van der Waals surface area contributed by atoms with E-state index in [0.29, 0.717) is 41.6 Å². The van der Waals surface area contributed by atoms with E-state index in [9.17, 15) is 4.79 Å². The third-order valence-electron chi connectivity index (χ3n) is 5.97. The standard InChI is InChI=1S/C26H30FN5O2/c1-29-13-12-23(18-6-4-3-5-7-18)34-20-9-8-19(22(27)16-20)17-32-15-14-31(2)25-21(26(32)33)10-11-24(28)30-25/h3-11,16,23,29H,12-15,17H2,1-2H3,(H2,28,30)/t23-/m0/s1. The molecule has 8 heteroatoms. The molecular formula is C26H30FN5O2. The highest BCUT2D eigenvalue weighted by molar-refractivity contribution is 5.99. The molecule has 34 heavy (non-hydrogen) atoms. The summed E-state index contributed by atoms with van der Waals surface area (Å²) >= 11 is 0. The van der Waals surface area contributed by atoms with Crippen LogP contribution < -0.4 is 20.7 Å². The predicted octanol–water partition coefficient (Wildman–Crippen LogP) is 3.62. The maximum absolute atomic E-state index is 15.1. The van der Waals surface area contributed by atoms with E-state index in [1.807, 2.05) is 49.3 Å². The van der Waals surface area contributed by atoms with Gasteiger partial charge < -0.3 is 25.6 Å². The van der Waals surface area contributed by atoms with Crippen molar-refractivity contribution in [2.45, 2.75) is 19.1 Å². The molecule has 0 fully saturated rings. The van der Waals surface area contributed by atoms with Gasteiger partial charge in [-0.1, -0.05) is 36.4 Å². The van der Waals surface area contributed by atoms with E-state index in [2.05, 4.69) is 10.3 Å². The first kappa shape index (κ1) is 23.5. The largest absolute Gasteiger partial charge is 0.486 e. The number of nitrogens with zero attached hydrogens (tertiary/aromatic N) is 3. The van der Waals surface area contributed by atoms with Gasteiger partial charge in [-0.05, 0) is 37.4 Å². The Bertz CT molecular complexity index is 1140. The second kappa shape index (κ2) is 10.5. The number of pyridine rings is 1. The molecule has 0 radical (unpaired) electrons. The molecule has 2 aromatic carbocycles. The molecule has 0 bridgehead atoms. The minimum absolute atomic E-state index is 0.157. The molecule has 3 N–H and O–H groups in total. The van der Waals surface area contributed by atoms with Crippen LogP contribution >= 0.6 is 0 Å². The lowest BCUT2D eigenvalue weighted by molar-refractivity contribution is 0.0753. The third-order valence-corrected chi connectivity index (χ3v) is 5.97. The molecule has 178 valence electrons. The Kier molecular flexibility index (Phi) is 7.27. The van der Waals surface area contributed by atoms with Gasteiger partial charge in [0, 0.05) is 44.7 Å². The first-order valence-corrected chi connectivity index (χ1v) is 11.4. The number of rotatable bonds is 8. The van der Waals surface area contributed by atoms with Crippen LogP contribution in [-0.4, -0.2) is 49.5 Å². The number of nitrogens with one attached hydrogen (secondary N) is 1. The van der Waals surface area contributed by atoms with Crippen molar-refractivity contribution in [2.24, 2.45) is 0 Å². The van der Waals surface area contributed by atoms with Crippen LogP contribution in [0.2, 0.25) is 0 Å². The number of benzene rings is 2. The summed E-state index contributed by atoms with van der Waals surface area (Å²) in [7, 11) is 3.76. The van der Waals surface area contributed by atoms with Crippen LogP contribution in [0, 0.1) is 5.82 Å². The molecule has 0 unspecified atom stereocenters. The number of halogens is 1. The molecule has 1 aliphatic rings. The topological polar surface area (TPSA) is 83.7 Å². The smallest absolute Gasteiger partial charge is 0.257 e. The quantitative estimate of drug-likeness (QED) is 0.531. The van der Waals surface area contributed by atoms with E-state index in [4.69, 9.17) is 10.5 Å². The zero-order valence-electron chi connectivity index (χ0n) is 19.5. The van der Waals surface area contributed by atoms with Gasteiger partial charge in [0.2, 0.25) is 0 Å². The van der Waals surface area contributed by atoms with Gasteiger partial charge in [0.25, 0.3) is 5.91 Å². The van der Waals surface area contributed by atoms with Crippen LogP contribution in [0.1, 0.15) is 34.0 Å². The molecular weight excluding hydrogens is 433 g/mol. The van der Waals surface area contributed by atoms with Crippen molar-refractivity contribution in [3.8, 4) is 5.75 Å². The minimum atomic E-state index is -0.404. The number of anilines is 2. The van der Waals surface area contributed by atoms with Crippen LogP contribution in [-0.2, 0) is 6.54 Å². The lowest BCUT2D eigenvalue weighted by Crippen LogP contribution is -2.33. The Labute approximate surface area is 199 Å². The number of fused-ring (bicyclic) bond motifs is 1. The molecule has 0 saturated carbocycles. The van der Waals surface area contributed by atoms with Crippen molar-refractivity contribution in [3.63, 3.8) is 0 Å². The highest BCUT2D eigenvalue weighted by Crippen LogP contribution is 2.28. The maximum atomic E-state index is 15.1. The van der Waals surface area contributed by atoms with Crippen LogP contribution in [0.15, 0.2) is 60.7 Å². The van der Waals surface area contributed by atoms with Gasteiger partial charge in [0.15, 0.2) is 0 Å². The fraction of sp³-hybridized carbons (Fsp3) is 0.308. The van der Waals surface area contributed by atoms with E-state index in [1.54, 1.807) is 29.2 Å². The van der Waals surface area contributed by atoms with Gasteiger partial charge in [-0.25, -0.2) is 9.37 Å². The second-order valence-corrected chi connectivity index (χ2v) is 8.42. The molecule has 4 rings (SSSR count). The number of carbonyl (C=O) groups is 1. The number of nitrogens with two attached hydrogens (primary N) is 1. The summed E-state index contributed by atoms with van der Waals surface area (Å²) < 4.78 is 21.2. The Morgan fingerprint density at radius 3 is 2.68 bits per heavy atom. The summed E-state index contributed by atoms with van der Waals surface area (Å²) in [6.07, 6.45) is 0.551. The van der Waals surface area contributed by atoms with E-state index in [-0.39, 0.29) is 18.6 Å². The Morgan fingerprint density at radius 2 is 1.94 bits per heavy atom. The molecule has 1 amide bonds. The number of carbonyl (C=O) groups excluding carboxylic acids is 1. The maximum Gasteiger partial charge on any atom is 0.257 e. The molecule has 1 aliphatic heterocycles. The number of hydrogen-bond acceptors (Lipinski definition) is 6. The van der Waals surface area contributed by atoms with Crippen LogP contribution in [0.5, 0.6) is 5.75 Å². The van der Waals surface area contributed by atoms with Gasteiger partial charge in [-0.15, -0.1) is 0 Å². The van der Waals surface area contributed by atoms with E-state index in [0.717, 1.165) is 18.5 Å². The summed E-state index contributed by atoms with van der Waals surface area (Å²) in [4.78, 5) is 21.0. The highest BCUT2D eigenvalue weighted by Gasteiger charge is 2.27. The Balaban J connectivity index is 1.51. The number of likely N-dealkylation sites (N-methyl/N-ethyl adjacent to an activating group) is 1. The first-order chi connectivity index (χ1) is 16.5. The van der Waals surface area contributed by atoms with Gasteiger partial charge in [0.1, 0.15) is 29.3 Å². The molecule has 0 spiro atoms. The number of nitrogen functional groups attached to an aromatic ring is 1. The van der Waals surface area contributed by atoms with Crippen LogP contribution in [0.4, 0.5) is 16.0 Å². The summed E-state index contributed by atoms with van der Waals surface area (Å²) in [5, 5.41) is 3.14. The number of aromatic nitrogens is 1. The average molecular weight is 464 g/mol. The molecule has 0 saturated heterocycles. The summed E-state index contributed by atoms with van der Waals surface area (Å²) in [5.74, 6) is 0.766. The lowest BCUT2D eigenvalue weighted by atomic mass is 10.1. The van der Waals surface area contributed by atoms with E-state index < -0.39 is 5.82 Å². The van der Waals surface area contributed by atoms with Crippen molar-refractivity contribution < 1.29 is 13.9 Å². The predicted molar refractivity (Wildman–Crippen MR) is 131 cm³/mol. The van der Waals surface area contributed by atoms with Crippen LogP contribution in [0.3, 0.4) is 0 Å². The Morgan fingerprint density at radius 1 is 1.15 bits per heavy atom. The van der Waals surface area contributed by atoms with Crippen molar-refractivity contribution in [1.29, 1.82) is 0 Å². The molecule has 1 aromatic heterocycles. The lowest BCUT2D eigenvalue weighted by Gasteiger charge is -2.22. The normalized spacial score (nSPS) is 14.5. The van der Waals surface area contributed by atoms with Gasteiger partial charge in [-0.2, -0.15) is 0 Å². The number of hydrogen-bond donors (Lipinski definition) is 2. The Hall–Kier alpha value is -3.65. The monoisotopic (exact) mass is 463 g/mol. The molecule has 1 atom stereocenters. The zero-order chi connectivity index (χ0) is 24.1. The second-order valence-electron chi connectivity index (χ2n) is 8.42. The van der Waals surface area contributed by atoms with E-state index >= 15 is 4.39 Å². The highest BCUT2D eigenvalue weighted by atomic mass is 19.1. The van der Waals surface area contributed by atoms with Gasteiger partial charge >= 0.3 is 0 Å². The molecule has 0 aliphatic carbocycles. The fourth-order valence-electron chi connectivity index (χ4n) is 4.06. The third kappa shape index (κ3) is 5.28. The van der Waals surface area contributed by atoms with Crippen molar-refractivity contribution in [3.05, 3.63) is 83.2 Å². The summed E-state index contributed by atoms with van der Waals surface area (Å²) in [5.41, 5.74) is 7.73. The number of ether oxygens (including phenoxy) is 1. The summed E-state index contributed by atoms with van der Waals surface area (Å²) in [6, 6.07) is 18.0. The van der Waals surface area contributed by atoms with Crippen molar-refractivity contribution in [2.75, 3.05) is 44.4 Å². The molecule has 2 heterocycles. The average Bonchev–Trinajstić information content (AvgIpc) is 2.95. The SMILES string of the molecule is CNCC[C@H](Oc1ccc(CN2CCN(C)c3nc(N)ccc3C2=O)c(F)c1)c1ccccc1. The molecule has 7 nitrogen and oxygen atoms in total. The first-order valence-electron chi connectivity index (χ1n) is 11.4. The zero-order valence-corrected chi connectivity index (χ0v) is 19.5. The van der Waals surface area contributed by atoms with Crippen LogP contribution in [0.25, 0.3) is 0 Å².